The topological polar surface area (TPSA) is 65.5 Å². The lowest BCUT2D eigenvalue weighted by atomic mass is 10.3. The number of fused-ring (bicyclic) bond motifs is 3. The summed E-state index contributed by atoms with van der Waals surface area (Å²) in [6.07, 6.45) is 1.61. The summed E-state index contributed by atoms with van der Waals surface area (Å²) >= 11 is 1.53. The van der Waals surface area contributed by atoms with Crippen LogP contribution in [0.15, 0.2) is 52.5 Å². The molecule has 0 radical (unpaired) electrons. The molecule has 1 aromatic carbocycles. The maximum Gasteiger partial charge on any atom is 0.217 e. The quantitative estimate of drug-likeness (QED) is 0.458. The molecule has 0 amide bonds. The zero-order chi connectivity index (χ0) is 18.4. The van der Waals surface area contributed by atoms with Gasteiger partial charge in [0.05, 0.1) is 5.39 Å². The van der Waals surface area contributed by atoms with Crippen LogP contribution in [0.2, 0.25) is 0 Å². The number of benzene rings is 1. The molecule has 9 heteroatoms. The van der Waals surface area contributed by atoms with Crippen LogP contribution in [0, 0.1) is 11.6 Å². The molecule has 5 aromatic rings. The maximum absolute atomic E-state index is 13.6. The maximum atomic E-state index is 13.6. The fourth-order valence-corrected chi connectivity index (χ4v) is 3.41. The standard InChI is InChI=1S/C18H10F2N4O2S/c19-10-1-3-14(13(20)7-10)25-8-11-2-4-15(26-11)16-22-17-12-5-6-27-18(12)21-9-24(17)23-16/h1-7,9H,8H2. The minimum absolute atomic E-state index is 0.00768. The number of nitrogens with zero attached hydrogens (tertiary/aromatic N) is 4. The number of rotatable bonds is 4. The van der Waals surface area contributed by atoms with Crippen molar-refractivity contribution in [3.63, 3.8) is 0 Å². The monoisotopic (exact) mass is 384 g/mol. The first-order valence-corrected chi connectivity index (χ1v) is 8.81. The van der Waals surface area contributed by atoms with Gasteiger partial charge in [-0.3, -0.25) is 0 Å². The van der Waals surface area contributed by atoms with Gasteiger partial charge in [0, 0.05) is 6.07 Å². The largest absolute Gasteiger partial charge is 0.483 e. The molecule has 0 aliphatic rings. The van der Waals surface area contributed by atoms with Gasteiger partial charge >= 0.3 is 0 Å². The molecule has 134 valence electrons. The molecule has 0 fully saturated rings. The highest BCUT2D eigenvalue weighted by Crippen LogP contribution is 2.26. The lowest BCUT2D eigenvalue weighted by molar-refractivity contribution is 0.259. The van der Waals surface area contributed by atoms with E-state index in [0.717, 1.165) is 22.3 Å². The minimum Gasteiger partial charge on any atom is -0.483 e. The summed E-state index contributed by atoms with van der Waals surface area (Å²) < 4.78 is 39.2. The van der Waals surface area contributed by atoms with Crippen molar-refractivity contribution in [2.75, 3.05) is 0 Å². The lowest BCUT2D eigenvalue weighted by Crippen LogP contribution is -1.96. The van der Waals surface area contributed by atoms with Crippen molar-refractivity contribution >= 4 is 27.2 Å². The third kappa shape index (κ3) is 2.81. The van der Waals surface area contributed by atoms with E-state index in [2.05, 4.69) is 15.1 Å². The molecule has 27 heavy (non-hydrogen) atoms. The Hall–Kier alpha value is -3.33. The number of aromatic nitrogens is 4. The first kappa shape index (κ1) is 15.9. The van der Waals surface area contributed by atoms with E-state index in [-0.39, 0.29) is 12.4 Å². The van der Waals surface area contributed by atoms with Gasteiger partial charge in [-0.05, 0) is 35.7 Å². The average Bonchev–Trinajstić information content (AvgIpc) is 3.38. The van der Waals surface area contributed by atoms with Gasteiger partial charge in [-0.25, -0.2) is 23.3 Å². The molecular weight excluding hydrogens is 374 g/mol. The second kappa shape index (κ2) is 6.13. The zero-order valence-electron chi connectivity index (χ0n) is 13.6. The first-order chi connectivity index (χ1) is 13.2. The molecule has 0 spiro atoms. The van der Waals surface area contributed by atoms with Gasteiger partial charge < -0.3 is 9.15 Å². The van der Waals surface area contributed by atoms with Crippen LogP contribution in [-0.4, -0.2) is 19.6 Å². The van der Waals surface area contributed by atoms with Crippen molar-refractivity contribution in [2.24, 2.45) is 0 Å². The predicted molar refractivity (Wildman–Crippen MR) is 94.6 cm³/mol. The van der Waals surface area contributed by atoms with Gasteiger partial charge in [-0.2, -0.15) is 0 Å². The predicted octanol–water partition coefficient (Wildman–Crippen LogP) is 4.46. The first-order valence-electron chi connectivity index (χ1n) is 7.93. The molecule has 4 aromatic heterocycles. The van der Waals surface area contributed by atoms with Crippen molar-refractivity contribution in [2.45, 2.75) is 6.61 Å². The molecular formula is C18H10F2N4O2S. The van der Waals surface area contributed by atoms with Gasteiger partial charge in [-0.15, -0.1) is 16.4 Å². The van der Waals surface area contributed by atoms with Crippen LogP contribution in [0.5, 0.6) is 5.75 Å². The Morgan fingerprint density at radius 1 is 1.15 bits per heavy atom. The molecule has 0 aliphatic carbocycles. The summed E-state index contributed by atoms with van der Waals surface area (Å²) in [6.45, 7) is -0.00768. The number of thiophene rings is 1. The van der Waals surface area contributed by atoms with Gasteiger partial charge in [0.25, 0.3) is 0 Å². The Labute approximate surface area is 154 Å². The van der Waals surface area contributed by atoms with Crippen LogP contribution in [-0.2, 0) is 6.61 Å². The second-order valence-corrected chi connectivity index (χ2v) is 6.61. The highest BCUT2D eigenvalue weighted by atomic mass is 32.1. The van der Waals surface area contributed by atoms with Crippen LogP contribution in [0.1, 0.15) is 5.76 Å². The third-order valence-corrected chi connectivity index (χ3v) is 4.77. The van der Waals surface area contributed by atoms with Crippen LogP contribution < -0.4 is 4.74 Å². The van der Waals surface area contributed by atoms with Crippen molar-refractivity contribution in [3.05, 3.63) is 65.5 Å². The van der Waals surface area contributed by atoms with E-state index in [0.29, 0.717) is 23.0 Å². The smallest absolute Gasteiger partial charge is 0.217 e. The average molecular weight is 384 g/mol. The number of halogens is 2. The van der Waals surface area contributed by atoms with E-state index in [1.54, 1.807) is 23.0 Å². The Morgan fingerprint density at radius 3 is 2.96 bits per heavy atom. The molecule has 6 nitrogen and oxygen atoms in total. The Morgan fingerprint density at radius 2 is 2.07 bits per heavy atom. The highest BCUT2D eigenvalue weighted by molar-refractivity contribution is 7.16. The number of ether oxygens (including phenoxy) is 1. The van der Waals surface area contributed by atoms with Crippen LogP contribution >= 0.6 is 11.3 Å². The zero-order valence-corrected chi connectivity index (χ0v) is 14.4. The van der Waals surface area contributed by atoms with Gasteiger partial charge in [0.15, 0.2) is 23.0 Å². The van der Waals surface area contributed by atoms with E-state index < -0.39 is 11.6 Å². The third-order valence-electron chi connectivity index (χ3n) is 3.95. The summed E-state index contributed by atoms with van der Waals surface area (Å²) in [5, 5.41) is 7.25. The molecule has 0 N–H and O–H groups in total. The fourth-order valence-electron chi connectivity index (χ4n) is 2.69. The summed E-state index contributed by atoms with van der Waals surface area (Å²) in [7, 11) is 0. The molecule has 0 saturated heterocycles. The number of hydrogen-bond donors (Lipinski definition) is 0. The fraction of sp³-hybridized carbons (Fsp3) is 0.0556. The summed E-state index contributed by atoms with van der Waals surface area (Å²) in [6, 6.07) is 8.48. The van der Waals surface area contributed by atoms with E-state index in [4.69, 9.17) is 9.15 Å². The minimum atomic E-state index is -0.768. The Kier molecular flexibility index (Phi) is 3.61. The number of hydrogen-bond acceptors (Lipinski definition) is 6. The molecule has 4 heterocycles. The lowest BCUT2D eigenvalue weighted by Gasteiger charge is -2.05. The molecule has 0 aliphatic heterocycles. The van der Waals surface area contributed by atoms with Crippen molar-refractivity contribution in [1.29, 1.82) is 0 Å². The SMILES string of the molecule is Fc1ccc(OCc2ccc(-c3nc4c5ccsc5ncn4n3)o2)c(F)c1. The van der Waals surface area contributed by atoms with Gasteiger partial charge in [0.2, 0.25) is 5.82 Å². The molecule has 0 atom stereocenters. The summed E-state index contributed by atoms with van der Waals surface area (Å²) in [4.78, 5) is 9.73. The van der Waals surface area contributed by atoms with Crippen molar-refractivity contribution in [3.8, 4) is 17.3 Å². The van der Waals surface area contributed by atoms with E-state index in [1.165, 1.54) is 17.4 Å². The van der Waals surface area contributed by atoms with Crippen LogP contribution in [0.4, 0.5) is 8.78 Å². The van der Waals surface area contributed by atoms with E-state index in [9.17, 15) is 8.78 Å². The molecule has 0 unspecified atom stereocenters. The van der Waals surface area contributed by atoms with Crippen molar-refractivity contribution in [1.82, 2.24) is 19.6 Å². The molecule has 5 rings (SSSR count). The number of furan rings is 1. The molecule has 0 saturated carbocycles. The second-order valence-electron chi connectivity index (χ2n) is 5.72. The van der Waals surface area contributed by atoms with Gasteiger partial charge in [0.1, 0.15) is 29.3 Å². The van der Waals surface area contributed by atoms with E-state index >= 15 is 0 Å². The summed E-state index contributed by atoms with van der Waals surface area (Å²) in [5.41, 5.74) is 0.693. The van der Waals surface area contributed by atoms with Crippen LogP contribution in [0.3, 0.4) is 0 Å². The Bertz CT molecular complexity index is 1280. The molecule has 0 bridgehead atoms. The van der Waals surface area contributed by atoms with E-state index in [1.807, 2.05) is 11.4 Å². The Balaban J connectivity index is 1.40. The highest BCUT2D eigenvalue weighted by Gasteiger charge is 2.14. The normalized spacial score (nSPS) is 11.5. The summed E-state index contributed by atoms with van der Waals surface area (Å²) in [5.74, 6) is -0.143. The van der Waals surface area contributed by atoms with Crippen molar-refractivity contribution < 1.29 is 17.9 Å². The van der Waals surface area contributed by atoms with Crippen LogP contribution in [0.25, 0.3) is 27.4 Å². The van der Waals surface area contributed by atoms with Gasteiger partial charge in [-0.1, -0.05) is 0 Å².